The lowest BCUT2D eigenvalue weighted by atomic mass is 9.96. The van der Waals surface area contributed by atoms with Crippen LogP contribution in [0.15, 0.2) is 33.0 Å². The Bertz CT molecular complexity index is 828. The zero-order valence-corrected chi connectivity index (χ0v) is 11.8. The van der Waals surface area contributed by atoms with Gasteiger partial charge in [-0.3, -0.25) is 4.79 Å². The molecular weight excluding hydrogens is 272 g/mol. The van der Waals surface area contributed by atoms with Crippen LogP contribution in [0.3, 0.4) is 0 Å². The van der Waals surface area contributed by atoms with E-state index in [0.717, 1.165) is 34.4 Å². The molecule has 4 nitrogen and oxygen atoms in total. The maximum absolute atomic E-state index is 12.4. The second-order valence-electron chi connectivity index (χ2n) is 5.19. The molecule has 0 bridgehead atoms. The summed E-state index contributed by atoms with van der Waals surface area (Å²) in [5, 5.41) is 7.14. The van der Waals surface area contributed by atoms with Crippen LogP contribution in [-0.4, -0.2) is 9.72 Å². The molecule has 0 amide bonds. The minimum absolute atomic E-state index is 0.0602. The fourth-order valence-electron chi connectivity index (χ4n) is 2.85. The number of hydrogen-bond acceptors (Lipinski definition) is 4. The molecule has 5 heteroatoms. The van der Waals surface area contributed by atoms with Crippen molar-refractivity contribution in [3.8, 4) is 0 Å². The molecule has 20 heavy (non-hydrogen) atoms. The third kappa shape index (κ3) is 1.81. The SMILES string of the molecule is O=c1c2sccc2ccn1Cc1noc2c1CCCC2. The van der Waals surface area contributed by atoms with Crippen molar-refractivity contribution < 1.29 is 4.52 Å². The van der Waals surface area contributed by atoms with Crippen molar-refractivity contribution in [1.29, 1.82) is 0 Å². The van der Waals surface area contributed by atoms with Gasteiger partial charge in [-0.25, -0.2) is 0 Å². The first kappa shape index (κ1) is 11.9. The molecule has 3 aromatic heterocycles. The van der Waals surface area contributed by atoms with Crippen molar-refractivity contribution in [2.24, 2.45) is 0 Å². The molecule has 102 valence electrons. The van der Waals surface area contributed by atoms with E-state index in [2.05, 4.69) is 5.16 Å². The van der Waals surface area contributed by atoms with Crippen LogP contribution in [0.4, 0.5) is 0 Å². The van der Waals surface area contributed by atoms with E-state index in [9.17, 15) is 4.79 Å². The molecule has 0 saturated carbocycles. The number of rotatable bonds is 2. The van der Waals surface area contributed by atoms with Crippen molar-refractivity contribution in [2.75, 3.05) is 0 Å². The van der Waals surface area contributed by atoms with Crippen molar-refractivity contribution in [1.82, 2.24) is 9.72 Å². The summed E-state index contributed by atoms with van der Waals surface area (Å²) < 4.78 is 7.95. The van der Waals surface area contributed by atoms with Gasteiger partial charge in [0.15, 0.2) is 0 Å². The van der Waals surface area contributed by atoms with Crippen LogP contribution in [-0.2, 0) is 19.4 Å². The summed E-state index contributed by atoms with van der Waals surface area (Å²) >= 11 is 1.49. The molecule has 0 aliphatic heterocycles. The summed E-state index contributed by atoms with van der Waals surface area (Å²) in [5.41, 5.74) is 2.19. The smallest absolute Gasteiger partial charge is 0.268 e. The third-order valence-electron chi connectivity index (χ3n) is 3.94. The highest BCUT2D eigenvalue weighted by molar-refractivity contribution is 7.17. The Balaban J connectivity index is 1.76. The maximum atomic E-state index is 12.4. The van der Waals surface area contributed by atoms with Crippen molar-refractivity contribution >= 4 is 21.4 Å². The molecular formula is C15H14N2O2S. The van der Waals surface area contributed by atoms with Gasteiger partial charge >= 0.3 is 0 Å². The van der Waals surface area contributed by atoms with Gasteiger partial charge in [0, 0.05) is 18.2 Å². The number of fused-ring (bicyclic) bond motifs is 2. The number of aromatic nitrogens is 2. The Morgan fingerprint density at radius 3 is 3.15 bits per heavy atom. The van der Waals surface area contributed by atoms with Gasteiger partial charge in [-0.1, -0.05) is 5.16 Å². The van der Waals surface area contributed by atoms with Gasteiger partial charge in [0.25, 0.3) is 5.56 Å². The molecule has 1 aliphatic rings. The van der Waals surface area contributed by atoms with E-state index in [0.29, 0.717) is 6.54 Å². The second kappa shape index (κ2) is 4.59. The van der Waals surface area contributed by atoms with E-state index < -0.39 is 0 Å². The summed E-state index contributed by atoms with van der Waals surface area (Å²) in [5.74, 6) is 1.01. The molecule has 0 aromatic carbocycles. The fourth-order valence-corrected chi connectivity index (χ4v) is 3.69. The predicted octanol–water partition coefficient (Wildman–Crippen LogP) is 2.98. The van der Waals surface area contributed by atoms with Crippen LogP contribution < -0.4 is 5.56 Å². The zero-order valence-electron chi connectivity index (χ0n) is 11.0. The number of thiophene rings is 1. The zero-order chi connectivity index (χ0) is 13.5. The minimum atomic E-state index is 0.0602. The van der Waals surface area contributed by atoms with E-state index in [1.807, 2.05) is 23.7 Å². The summed E-state index contributed by atoms with van der Waals surface area (Å²) in [6.45, 7) is 0.505. The first-order chi connectivity index (χ1) is 9.83. The largest absolute Gasteiger partial charge is 0.361 e. The number of nitrogens with zero attached hydrogens (tertiary/aromatic N) is 2. The lowest BCUT2D eigenvalue weighted by molar-refractivity contribution is 0.367. The van der Waals surface area contributed by atoms with E-state index >= 15 is 0 Å². The average molecular weight is 286 g/mol. The molecule has 0 atom stereocenters. The first-order valence-corrected chi connectivity index (χ1v) is 7.74. The van der Waals surface area contributed by atoms with E-state index in [4.69, 9.17) is 4.52 Å². The van der Waals surface area contributed by atoms with Crippen molar-refractivity contribution in [2.45, 2.75) is 32.2 Å². The standard InChI is InChI=1S/C15H14N2O2S/c18-15-14-10(6-8-20-14)5-7-17(15)9-12-11-3-1-2-4-13(11)19-16-12/h5-8H,1-4,9H2. The van der Waals surface area contributed by atoms with Gasteiger partial charge in [0.1, 0.15) is 11.5 Å². The molecule has 4 rings (SSSR count). The summed E-state index contributed by atoms with van der Waals surface area (Å²) in [7, 11) is 0. The van der Waals surface area contributed by atoms with E-state index in [-0.39, 0.29) is 5.56 Å². The Kier molecular flexibility index (Phi) is 2.73. The monoisotopic (exact) mass is 286 g/mol. The van der Waals surface area contributed by atoms with Gasteiger partial charge in [-0.2, -0.15) is 0 Å². The van der Waals surface area contributed by atoms with Gasteiger partial charge in [-0.05, 0) is 42.2 Å². The van der Waals surface area contributed by atoms with Crippen LogP contribution in [0, 0.1) is 0 Å². The fraction of sp³-hybridized carbons (Fsp3) is 0.333. The molecule has 0 fully saturated rings. The summed E-state index contributed by atoms with van der Waals surface area (Å²) in [4.78, 5) is 12.4. The van der Waals surface area contributed by atoms with Crippen LogP contribution in [0.5, 0.6) is 0 Å². The van der Waals surface area contributed by atoms with E-state index in [1.165, 1.54) is 29.7 Å². The van der Waals surface area contributed by atoms with Crippen LogP contribution >= 0.6 is 11.3 Å². The number of aryl methyl sites for hydroxylation is 1. The molecule has 0 unspecified atom stereocenters. The number of hydrogen-bond donors (Lipinski definition) is 0. The van der Waals surface area contributed by atoms with Crippen molar-refractivity contribution in [3.63, 3.8) is 0 Å². The Labute approximate surface area is 119 Å². The highest BCUT2D eigenvalue weighted by Gasteiger charge is 2.19. The average Bonchev–Trinajstić information content (AvgIpc) is 3.10. The summed E-state index contributed by atoms with van der Waals surface area (Å²) in [6.07, 6.45) is 6.19. The molecule has 3 aromatic rings. The normalized spacial score (nSPS) is 14.6. The molecule has 1 aliphatic carbocycles. The lowest BCUT2D eigenvalue weighted by Gasteiger charge is -2.10. The quantitative estimate of drug-likeness (QED) is 0.727. The lowest BCUT2D eigenvalue weighted by Crippen LogP contribution is -2.20. The molecule has 0 spiro atoms. The highest BCUT2D eigenvalue weighted by Crippen LogP contribution is 2.24. The van der Waals surface area contributed by atoms with Crippen molar-refractivity contribution in [3.05, 3.63) is 51.1 Å². The third-order valence-corrected chi connectivity index (χ3v) is 4.85. The Morgan fingerprint density at radius 2 is 2.20 bits per heavy atom. The highest BCUT2D eigenvalue weighted by atomic mass is 32.1. The van der Waals surface area contributed by atoms with Gasteiger partial charge in [0.05, 0.1) is 11.2 Å². The van der Waals surface area contributed by atoms with Crippen LogP contribution in [0.25, 0.3) is 10.1 Å². The van der Waals surface area contributed by atoms with Crippen LogP contribution in [0.1, 0.15) is 29.9 Å². The maximum Gasteiger partial charge on any atom is 0.268 e. The van der Waals surface area contributed by atoms with E-state index in [1.54, 1.807) is 4.57 Å². The summed E-state index contributed by atoms with van der Waals surface area (Å²) in [6, 6.07) is 3.96. The number of pyridine rings is 1. The second-order valence-corrected chi connectivity index (χ2v) is 6.11. The Morgan fingerprint density at radius 1 is 1.30 bits per heavy atom. The van der Waals surface area contributed by atoms with Crippen LogP contribution in [0.2, 0.25) is 0 Å². The van der Waals surface area contributed by atoms with Gasteiger partial charge < -0.3 is 9.09 Å². The van der Waals surface area contributed by atoms with Gasteiger partial charge in [-0.15, -0.1) is 11.3 Å². The molecule has 3 heterocycles. The minimum Gasteiger partial charge on any atom is -0.361 e. The van der Waals surface area contributed by atoms with Gasteiger partial charge in [0.2, 0.25) is 0 Å². The topological polar surface area (TPSA) is 48.0 Å². The first-order valence-electron chi connectivity index (χ1n) is 6.86. The molecule has 0 radical (unpaired) electrons. The Hall–Kier alpha value is -1.88. The predicted molar refractivity (Wildman–Crippen MR) is 78.3 cm³/mol. The molecule has 0 saturated heterocycles. The molecule has 0 N–H and O–H groups in total.